The topological polar surface area (TPSA) is 117 Å². The highest BCUT2D eigenvalue weighted by atomic mass is 32.1. The van der Waals surface area contributed by atoms with Crippen LogP contribution in [0.25, 0.3) is 10.3 Å². The van der Waals surface area contributed by atoms with E-state index in [9.17, 15) is 14.3 Å². The molecular formula is C29H29FN6O4S. The first kappa shape index (κ1) is 27.1. The van der Waals surface area contributed by atoms with Crippen molar-refractivity contribution < 1.29 is 23.8 Å². The van der Waals surface area contributed by atoms with Crippen LogP contribution in [-0.2, 0) is 24.4 Å². The van der Waals surface area contributed by atoms with Crippen molar-refractivity contribution in [3.63, 3.8) is 0 Å². The van der Waals surface area contributed by atoms with Gasteiger partial charge in [0.05, 0.1) is 36.3 Å². The molecule has 0 unspecified atom stereocenters. The summed E-state index contributed by atoms with van der Waals surface area (Å²) in [5.41, 5.74) is 1.48. The maximum absolute atomic E-state index is 14.2. The lowest BCUT2D eigenvalue weighted by Gasteiger charge is -2.40. The molecule has 2 aliphatic heterocycles. The van der Waals surface area contributed by atoms with Gasteiger partial charge in [0.1, 0.15) is 33.8 Å². The van der Waals surface area contributed by atoms with Crippen molar-refractivity contribution >= 4 is 33.5 Å². The van der Waals surface area contributed by atoms with Crippen LogP contribution in [0.1, 0.15) is 40.0 Å². The van der Waals surface area contributed by atoms with Crippen LogP contribution in [0.3, 0.4) is 0 Å². The van der Waals surface area contributed by atoms with Gasteiger partial charge >= 0.3 is 5.97 Å². The third kappa shape index (κ3) is 5.74. The first-order valence-corrected chi connectivity index (χ1v) is 14.3. The summed E-state index contributed by atoms with van der Waals surface area (Å²) in [6.07, 6.45) is 1.12. The molecule has 0 bridgehead atoms. The van der Waals surface area contributed by atoms with Crippen LogP contribution in [0.4, 0.5) is 10.2 Å². The number of carbonyl (C=O) groups is 1. The van der Waals surface area contributed by atoms with Crippen LogP contribution < -0.4 is 9.64 Å². The Morgan fingerprint density at radius 3 is 2.83 bits per heavy atom. The van der Waals surface area contributed by atoms with Crippen molar-refractivity contribution in [2.24, 2.45) is 0 Å². The molecule has 2 saturated heterocycles. The number of ether oxygens (including phenoxy) is 2. The Labute approximate surface area is 240 Å². The standard InChI is InChI=1S/C29H29FN6O4S/c1-18-14-35(25-3-2-4-27(32-25)40-17-20-6-5-19(13-31)11-22(20)30)9-8-34(18)16-26-33-28-23(12-24(41-28)29(37)38)36(26)15-21-7-10-39-21/h2-6,11-12,18,21H,7-10,14-17H2,1H3,(H,37,38)/t18-,21-/m0/s1. The molecule has 1 N–H and O–H groups in total. The summed E-state index contributed by atoms with van der Waals surface area (Å²) in [5, 5.41) is 18.4. The summed E-state index contributed by atoms with van der Waals surface area (Å²) in [6, 6.07) is 13.7. The number of thiophene rings is 1. The number of benzene rings is 1. The van der Waals surface area contributed by atoms with Gasteiger partial charge in [-0.25, -0.2) is 14.2 Å². The van der Waals surface area contributed by atoms with E-state index >= 15 is 0 Å². The Hall–Kier alpha value is -4.05. The Morgan fingerprint density at radius 2 is 2.12 bits per heavy atom. The SMILES string of the molecule is C[C@H]1CN(c2cccc(OCc3ccc(C#N)cc3F)n2)CCN1Cc1nc2sc(C(=O)O)cc2n1C[C@@H]1CCO1. The van der Waals surface area contributed by atoms with E-state index < -0.39 is 11.8 Å². The molecule has 0 spiro atoms. The van der Waals surface area contributed by atoms with Crippen LogP contribution >= 0.6 is 11.3 Å². The van der Waals surface area contributed by atoms with Gasteiger partial charge in [0.15, 0.2) is 0 Å². The number of carboxylic acid groups (broad SMARTS) is 1. The van der Waals surface area contributed by atoms with Crippen molar-refractivity contribution in [2.75, 3.05) is 31.1 Å². The van der Waals surface area contributed by atoms with Crippen molar-refractivity contribution in [3.8, 4) is 11.9 Å². The number of aromatic carboxylic acids is 1. The van der Waals surface area contributed by atoms with E-state index in [0.29, 0.717) is 29.4 Å². The number of anilines is 1. The second-order valence-corrected chi connectivity index (χ2v) is 11.4. The predicted molar refractivity (Wildman–Crippen MR) is 151 cm³/mol. The van der Waals surface area contributed by atoms with Gasteiger partial charge in [-0.05, 0) is 37.6 Å². The number of piperazine rings is 1. The van der Waals surface area contributed by atoms with Crippen molar-refractivity contribution in [2.45, 2.75) is 45.2 Å². The minimum atomic E-state index is -0.935. The number of hydrogen-bond acceptors (Lipinski definition) is 9. The minimum absolute atomic E-state index is 0.0160. The number of halogens is 1. The largest absolute Gasteiger partial charge is 0.477 e. The van der Waals surface area contributed by atoms with E-state index in [0.717, 1.165) is 54.7 Å². The van der Waals surface area contributed by atoms with Crippen LogP contribution in [0.15, 0.2) is 42.5 Å². The number of nitriles is 1. The maximum Gasteiger partial charge on any atom is 0.346 e. The molecule has 6 rings (SSSR count). The van der Waals surface area contributed by atoms with Gasteiger partial charge in [0.2, 0.25) is 5.88 Å². The summed E-state index contributed by atoms with van der Waals surface area (Å²) >= 11 is 1.21. The molecule has 4 aromatic rings. The van der Waals surface area contributed by atoms with E-state index in [1.54, 1.807) is 24.3 Å². The molecule has 2 aliphatic rings. The fraction of sp³-hybridized carbons (Fsp3) is 0.379. The zero-order chi connectivity index (χ0) is 28.5. The number of carboxylic acids is 1. The summed E-state index contributed by atoms with van der Waals surface area (Å²) < 4.78 is 27.8. The van der Waals surface area contributed by atoms with E-state index in [4.69, 9.17) is 19.7 Å². The number of nitrogens with zero attached hydrogens (tertiary/aromatic N) is 6. The Kier molecular flexibility index (Phi) is 7.57. The fourth-order valence-electron chi connectivity index (χ4n) is 5.19. The highest BCUT2D eigenvalue weighted by molar-refractivity contribution is 7.20. The molecular weight excluding hydrogens is 547 g/mol. The molecule has 1 aromatic carbocycles. The van der Waals surface area contributed by atoms with Crippen molar-refractivity contribution in [1.82, 2.24) is 19.4 Å². The number of aromatic nitrogens is 3. The van der Waals surface area contributed by atoms with Gasteiger partial charge in [-0.3, -0.25) is 4.90 Å². The van der Waals surface area contributed by atoms with Gasteiger partial charge in [-0.1, -0.05) is 12.1 Å². The first-order valence-electron chi connectivity index (χ1n) is 13.5. The van der Waals surface area contributed by atoms with E-state index in [1.165, 1.54) is 17.4 Å². The van der Waals surface area contributed by atoms with Crippen molar-refractivity contribution in [3.05, 3.63) is 70.1 Å². The lowest BCUT2D eigenvalue weighted by atomic mass is 10.1. The smallest absolute Gasteiger partial charge is 0.346 e. The molecule has 0 radical (unpaired) electrons. The Morgan fingerprint density at radius 1 is 1.27 bits per heavy atom. The monoisotopic (exact) mass is 576 g/mol. The molecule has 0 aliphatic carbocycles. The third-order valence-electron chi connectivity index (χ3n) is 7.62. The van der Waals surface area contributed by atoms with Gasteiger partial charge in [-0.2, -0.15) is 10.2 Å². The number of rotatable bonds is 9. The highest BCUT2D eigenvalue weighted by Gasteiger charge is 2.29. The van der Waals surface area contributed by atoms with E-state index in [2.05, 4.69) is 26.3 Å². The molecule has 212 valence electrons. The Bertz CT molecular complexity index is 1630. The molecule has 10 nitrogen and oxygen atoms in total. The summed E-state index contributed by atoms with van der Waals surface area (Å²) in [4.78, 5) is 26.6. The zero-order valence-electron chi connectivity index (χ0n) is 22.5. The molecule has 3 aromatic heterocycles. The highest BCUT2D eigenvalue weighted by Crippen LogP contribution is 2.30. The zero-order valence-corrected chi connectivity index (χ0v) is 23.3. The van der Waals surface area contributed by atoms with Crippen molar-refractivity contribution in [1.29, 1.82) is 5.26 Å². The molecule has 0 saturated carbocycles. The summed E-state index contributed by atoms with van der Waals surface area (Å²) in [5.74, 6) is 0.702. The quantitative estimate of drug-likeness (QED) is 0.312. The minimum Gasteiger partial charge on any atom is -0.477 e. The summed E-state index contributed by atoms with van der Waals surface area (Å²) in [7, 11) is 0. The predicted octanol–water partition coefficient (Wildman–Crippen LogP) is 4.28. The molecule has 41 heavy (non-hydrogen) atoms. The molecule has 5 heterocycles. The van der Waals surface area contributed by atoms with Gasteiger partial charge in [0.25, 0.3) is 0 Å². The van der Waals surface area contributed by atoms with Gasteiger partial charge in [-0.15, -0.1) is 11.3 Å². The first-order chi connectivity index (χ1) is 19.9. The fourth-order valence-corrected chi connectivity index (χ4v) is 6.08. The maximum atomic E-state index is 14.2. The average Bonchev–Trinajstić information content (AvgIpc) is 3.49. The average molecular weight is 577 g/mol. The van der Waals surface area contributed by atoms with E-state index in [-0.39, 0.29) is 24.3 Å². The number of fused-ring (bicyclic) bond motifs is 1. The van der Waals surface area contributed by atoms with Crippen LogP contribution in [0.2, 0.25) is 0 Å². The van der Waals surface area contributed by atoms with Crippen LogP contribution in [0, 0.1) is 17.1 Å². The van der Waals surface area contributed by atoms with Gasteiger partial charge in [0, 0.05) is 43.9 Å². The van der Waals surface area contributed by atoms with Gasteiger partial charge < -0.3 is 24.0 Å². The lowest BCUT2D eigenvalue weighted by molar-refractivity contribution is -0.0592. The second kappa shape index (κ2) is 11.4. The second-order valence-electron chi connectivity index (χ2n) is 10.3. The normalized spacial score (nSPS) is 19.2. The summed E-state index contributed by atoms with van der Waals surface area (Å²) in [6.45, 7) is 6.57. The lowest BCUT2D eigenvalue weighted by Crippen LogP contribution is -2.52. The number of hydrogen-bond donors (Lipinski definition) is 1. The third-order valence-corrected chi connectivity index (χ3v) is 8.62. The van der Waals surface area contributed by atoms with Crippen LogP contribution in [-0.4, -0.2) is 68.9 Å². The van der Waals surface area contributed by atoms with E-state index in [1.807, 2.05) is 18.2 Å². The number of pyridine rings is 1. The molecule has 12 heteroatoms. The molecule has 0 amide bonds. The van der Waals surface area contributed by atoms with Crippen LogP contribution in [0.5, 0.6) is 5.88 Å². The number of imidazole rings is 1. The molecule has 2 fully saturated rings. The Balaban J connectivity index is 1.11. The molecule has 2 atom stereocenters.